The number of hydrogen-bond donors (Lipinski definition) is 2. The fourth-order valence-corrected chi connectivity index (χ4v) is 2.11. The third-order valence-electron chi connectivity index (χ3n) is 3.08. The van der Waals surface area contributed by atoms with Gasteiger partial charge in [-0.2, -0.15) is 0 Å². The fraction of sp³-hybridized carbons (Fsp3) is 1.00. The lowest BCUT2D eigenvalue weighted by Crippen LogP contribution is -2.55. The molecule has 0 saturated carbocycles. The minimum atomic E-state index is 0.361. The summed E-state index contributed by atoms with van der Waals surface area (Å²) in [6.45, 7) is 6.31. The van der Waals surface area contributed by atoms with Crippen molar-refractivity contribution in [3.63, 3.8) is 0 Å². The van der Waals surface area contributed by atoms with E-state index in [2.05, 4.69) is 13.8 Å². The second-order valence-electron chi connectivity index (χ2n) is 3.87. The van der Waals surface area contributed by atoms with Gasteiger partial charge in [-0.3, -0.25) is 5.84 Å². The first kappa shape index (κ1) is 9.96. The molecule has 0 bridgehead atoms. The smallest absolute Gasteiger partial charge is 0.0171 e. The number of hydrazine groups is 1. The normalized spacial score (nSPS) is 38.5. The minimum Gasteiger partial charge on any atom is -0.327 e. The van der Waals surface area contributed by atoms with Gasteiger partial charge < -0.3 is 5.73 Å². The van der Waals surface area contributed by atoms with Crippen molar-refractivity contribution in [2.24, 2.45) is 23.4 Å². The van der Waals surface area contributed by atoms with Crippen LogP contribution in [0.15, 0.2) is 0 Å². The Bertz CT molecular complexity index is 124. The Hall–Kier alpha value is -0.120. The molecule has 0 aromatic carbocycles. The van der Waals surface area contributed by atoms with E-state index >= 15 is 0 Å². The highest BCUT2D eigenvalue weighted by atomic mass is 15.4. The van der Waals surface area contributed by atoms with E-state index in [-0.39, 0.29) is 0 Å². The summed E-state index contributed by atoms with van der Waals surface area (Å²) >= 11 is 0. The molecule has 1 heterocycles. The summed E-state index contributed by atoms with van der Waals surface area (Å²) in [4.78, 5) is 0. The Balaban J connectivity index is 2.55. The van der Waals surface area contributed by atoms with Crippen LogP contribution >= 0.6 is 0 Å². The van der Waals surface area contributed by atoms with Crippen LogP contribution in [0.2, 0.25) is 0 Å². The lowest BCUT2D eigenvalue weighted by atomic mass is 9.82. The molecule has 0 spiro atoms. The molecule has 1 aliphatic rings. The van der Waals surface area contributed by atoms with Crippen molar-refractivity contribution >= 4 is 0 Å². The van der Waals surface area contributed by atoms with Crippen LogP contribution in [0.3, 0.4) is 0 Å². The zero-order valence-electron chi connectivity index (χ0n) is 8.16. The molecule has 72 valence electrons. The third-order valence-corrected chi connectivity index (χ3v) is 3.08. The van der Waals surface area contributed by atoms with Crippen molar-refractivity contribution < 1.29 is 0 Å². The van der Waals surface area contributed by atoms with Crippen molar-refractivity contribution in [3.8, 4) is 0 Å². The Morgan fingerprint density at radius 2 is 1.58 bits per heavy atom. The van der Waals surface area contributed by atoms with Crippen LogP contribution in [0.4, 0.5) is 0 Å². The molecule has 3 nitrogen and oxygen atoms in total. The Morgan fingerprint density at radius 3 is 1.92 bits per heavy atom. The molecule has 0 aromatic rings. The summed E-state index contributed by atoms with van der Waals surface area (Å²) < 4.78 is 0. The van der Waals surface area contributed by atoms with Gasteiger partial charge in [0.25, 0.3) is 0 Å². The minimum absolute atomic E-state index is 0.361. The van der Waals surface area contributed by atoms with Crippen LogP contribution in [0, 0.1) is 11.8 Å². The van der Waals surface area contributed by atoms with Gasteiger partial charge in [0.1, 0.15) is 0 Å². The van der Waals surface area contributed by atoms with Gasteiger partial charge >= 0.3 is 0 Å². The predicted octanol–water partition coefficient (Wildman–Crippen LogP) is 0.555. The quantitative estimate of drug-likeness (QED) is 0.597. The van der Waals surface area contributed by atoms with Crippen LogP contribution in [0.1, 0.15) is 26.7 Å². The molecule has 1 fully saturated rings. The van der Waals surface area contributed by atoms with Crippen LogP contribution in [0.5, 0.6) is 0 Å². The molecule has 12 heavy (non-hydrogen) atoms. The van der Waals surface area contributed by atoms with Crippen LogP contribution < -0.4 is 11.6 Å². The standard InChI is InChI=1S/C9H21N3/c1-3-7-5-12(11)6-8(4-2)9(7)10/h7-9H,3-6,10-11H2,1-2H3. The van der Waals surface area contributed by atoms with Gasteiger partial charge in [0.2, 0.25) is 0 Å². The summed E-state index contributed by atoms with van der Waals surface area (Å²) in [6, 6.07) is 0.361. The maximum atomic E-state index is 6.12. The lowest BCUT2D eigenvalue weighted by molar-refractivity contribution is 0.0979. The zero-order chi connectivity index (χ0) is 9.14. The van der Waals surface area contributed by atoms with Crippen molar-refractivity contribution in [1.29, 1.82) is 0 Å². The SMILES string of the molecule is CCC1CN(N)CC(CC)C1N. The lowest BCUT2D eigenvalue weighted by Gasteiger charge is -2.39. The summed E-state index contributed by atoms with van der Waals surface area (Å²) in [5.41, 5.74) is 6.12. The summed E-state index contributed by atoms with van der Waals surface area (Å²) in [6.07, 6.45) is 2.29. The topological polar surface area (TPSA) is 55.3 Å². The van der Waals surface area contributed by atoms with Crippen molar-refractivity contribution in [1.82, 2.24) is 5.01 Å². The highest BCUT2D eigenvalue weighted by Crippen LogP contribution is 2.23. The molecule has 1 rings (SSSR count). The van der Waals surface area contributed by atoms with Gasteiger partial charge in [0, 0.05) is 19.1 Å². The van der Waals surface area contributed by atoms with Gasteiger partial charge in [-0.25, -0.2) is 5.01 Å². The summed E-state index contributed by atoms with van der Waals surface area (Å²) in [7, 11) is 0. The van der Waals surface area contributed by atoms with Gasteiger partial charge in [-0.15, -0.1) is 0 Å². The fourth-order valence-electron chi connectivity index (χ4n) is 2.11. The third kappa shape index (κ3) is 1.97. The zero-order valence-corrected chi connectivity index (χ0v) is 8.16. The number of nitrogens with zero attached hydrogens (tertiary/aromatic N) is 1. The Kier molecular flexibility index (Phi) is 3.50. The first-order valence-electron chi connectivity index (χ1n) is 4.94. The molecule has 1 aliphatic heterocycles. The molecule has 0 amide bonds. The molecule has 3 heteroatoms. The molecule has 2 unspecified atom stereocenters. The monoisotopic (exact) mass is 171 g/mol. The van der Waals surface area contributed by atoms with Crippen molar-refractivity contribution in [2.45, 2.75) is 32.7 Å². The van der Waals surface area contributed by atoms with E-state index < -0.39 is 0 Å². The molecule has 1 saturated heterocycles. The molecule has 0 aromatic heterocycles. The first-order valence-corrected chi connectivity index (χ1v) is 4.94. The Morgan fingerprint density at radius 1 is 1.17 bits per heavy atom. The Labute approximate surface area is 75.1 Å². The number of piperidine rings is 1. The summed E-state index contributed by atoms with van der Waals surface area (Å²) in [5, 5.41) is 1.92. The molecular formula is C9H21N3. The van der Waals surface area contributed by atoms with Gasteiger partial charge in [0.15, 0.2) is 0 Å². The molecule has 2 atom stereocenters. The number of hydrogen-bond acceptors (Lipinski definition) is 3. The predicted molar refractivity (Wildman–Crippen MR) is 51.3 cm³/mol. The molecule has 0 aliphatic carbocycles. The average Bonchev–Trinajstić information content (AvgIpc) is 2.08. The van der Waals surface area contributed by atoms with Crippen LogP contribution in [-0.4, -0.2) is 24.1 Å². The molecular weight excluding hydrogens is 150 g/mol. The van der Waals surface area contributed by atoms with E-state index in [4.69, 9.17) is 11.6 Å². The number of rotatable bonds is 2. The highest BCUT2D eigenvalue weighted by molar-refractivity contribution is 4.86. The van der Waals surface area contributed by atoms with E-state index in [1.54, 1.807) is 0 Å². The van der Waals surface area contributed by atoms with E-state index in [9.17, 15) is 0 Å². The number of nitrogens with two attached hydrogens (primary N) is 2. The van der Waals surface area contributed by atoms with Crippen LogP contribution in [-0.2, 0) is 0 Å². The van der Waals surface area contributed by atoms with Gasteiger partial charge in [-0.1, -0.05) is 26.7 Å². The van der Waals surface area contributed by atoms with Gasteiger partial charge in [-0.05, 0) is 11.8 Å². The average molecular weight is 171 g/mol. The van der Waals surface area contributed by atoms with E-state index in [1.165, 1.54) is 0 Å². The van der Waals surface area contributed by atoms with Gasteiger partial charge in [0.05, 0.1) is 0 Å². The van der Waals surface area contributed by atoms with E-state index in [1.807, 2.05) is 5.01 Å². The van der Waals surface area contributed by atoms with Crippen molar-refractivity contribution in [2.75, 3.05) is 13.1 Å². The second kappa shape index (κ2) is 4.21. The first-order chi connectivity index (χ1) is 5.69. The van der Waals surface area contributed by atoms with Crippen molar-refractivity contribution in [3.05, 3.63) is 0 Å². The maximum Gasteiger partial charge on any atom is 0.0171 e. The van der Waals surface area contributed by atoms with Crippen LogP contribution in [0.25, 0.3) is 0 Å². The molecule has 4 N–H and O–H groups in total. The molecule has 0 radical (unpaired) electrons. The second-order valence-corrected chi connectivity index (χ2v) is 3.87. The summed E-state index contributed by atoms with van der Waals surface area (Å²) in [5.74, 6) is 6.99. The largest absolute Gasteiger partial charge is 0.327 e. The van der Waals surface area contributed by atoms with E-state index in [0.29, 0.717) is 17.9 Å². The van der Waals surface area contributed by atoms with E-state index in [0.717, 1.165) is 25.9 Å². The maximum absolute atomic E-state index is 6.12. The highest BCUT2D eigenvalue weighted by Gasteiger charge is 2.30.